The number of anilines is 2. The summed E-state index contributed by atoms with van der Waals surface area (Å²) in [6.45, 7) is -0.252. The number of alkyl halides is 5. The first kappa shape index (κ1) is 27.7. The molecule has 2 N–H and O–H groups in total. The predicted molar refractivity (Wildman–Crippen MR) is 144 cm³/mol. The number of aromatic nitrogens is 2. The maximum Gasteiger partial charge on any atom is 0.420 e. The second-order valence-electron chi connectivity index (χ2n) is 11.1. The Hall–Kier alpha value is -3.17. The van der Waals surface area contributed by atoms with Gasteiger partial charge in [-0.2, -0.15) is 22.0 Å². The molecular formula is C27H24F5N5O3S2. The van der Waals surface area contributed by atoms with Gasteiger partial charge >= 0.3 is 6.18 Å². The summed E-state index contributed by atoms with van der Waals surface area (Å²) in [7, 11) is -3.93. The molecule has 0 unspecified atom stereocenters. The highest BCUT2D eigenvalue weighted by atomic mass is 32.2. The molecule has 3 aromatic rings. The van der Waals surface area contributed by atoms with E-state index in [2.05, 4.69) is 20.6 Å². The first-order chi connectivity index (χ1) is 19.8. The molecule has 0 bridgehead atoms. The van der Waals surface area contributed by atoms with Crippen LogP contribution in [0.2, 0.25) is 0 Å². The molecule has 42 heavy (non-hydrogen) atoms. The summed E-state index contributed by atoms with van der Waals surface area (Å²) in [5, 5.41) is 5.62. The molecule has 0 atom stereocenters. The second kappa shape index (κ2) is 9.41. The molecule has 1 amide bonds. The van der Waals surface area contributed by atoms with Gasteiger partial charge in [-0.25, -0.2) is 18.4 Å². The van der Waals surface area contributed by atoms with E-state index in [0.29, 0.717) is 34.3 Å². The number of benzene rings is 1. The Balaban J connectivity index is 1.32. The van der Waals surface area contributed by atoms with E-state index in [4.69, 9.17) is 0 Å². The van der Waals surface area contributed by atoms with Crippen LogP contribution in [0.25, 0.3) is 10.6 Å². The van der Waals surface area contributed by atoms with Gasteiger partial charge in [0.15, 0.2) is 9.84 Å². The summed E-state index contributed by atoms with van der Waals surface area (Å²) in [5.41, 5.74) is -0.449. The minimum absolute atomic E-state index is 0.0241. The van der Waals surface area contributed by atoms with Crippen LogP contribution >= 0.6 is 11.3 Å². The highest BCUT2D eigenvalue weighted by Gasteiger charge is 2.42. The van der Waals surface area contributed by atoms with E-state index in [1.165, 1.54) is 11.0 Å². The van der Waals surface area contributed by atoms with Crippen molar-refractivity contribution in [2.45, 2.75) is 61.2 Å². The first-order valence-corrected chi connectivity index (χ1v) is 15.9. The van der Waals surface area contributed by atoms with Crippen LogP contribution in [0.3, 0.4) is 0 Å². The van der Waals surface area contributed by atoms with Crippen molar-refractivity contribution in [3.8, 4) is 10.6 Å². The van der Waals surface area contributed by atoms with Gasteiger partial charge in [0.05, 0.1) is 27.8 Å². The van der Waals surface area contributed by atoms with Crippen LogP contribution in [0, 0.1) is 0 Å². The van der Waals surface area contributed by atoms with E-state index in [-0.39, 0.29) is 57.0 Å². The van der Waals surface area contributed by atoms with Gasteiger partial charge in [0.2, 0.25) is 5.95 Å². The highest BCUT2D eigenvalue weighted by Crippen LogP contribution is 2.48. The molecule has 0 radical (unpaired) electrons. The predicted octanol–water partition coefficient (Wildman–Crippen LogP) is 5.43. The van der Waals surface area contributed by atoms with E-state index < -0.39 is 45.6 Å². The van der Waals surface area contributed by atoms with Gasteiger partial charge in [-0.15, -0.1) is 11.3 Å². The van der Waals surface area contributed by atoms with E-state index >= 15 is 0 Å². The van der Waals surface area contributed by atoms with E-state index in [1.54, 1.807) is 6.07 Å². The van der Waals surface area contributed by atoms with Crippen molar-refractivity contribution in [3.05, 3.63) is 51.5 Å². The SMILES string of the molecule is O=C1c2sc(-c3nc(Nc4cc5c(cc4C4CC4)C(F)(F)CNC5)ncc3C(F)(F)F)cc2S(=O)(=O)CCN1C1CC1. The van der Waals surface area contributed by atoms with E-state index in [9.17, 15) is 35.2 Å². The standard InChI is InChI=1S/C27H24F5N5O3S2/c28-26(29)12-33-10-14-7-19(16(8-17(14)26)13-1-2-13)35-25-34-11-18(27(30,31)32)22(36-25)20-9-21-23(41-20)24(38)37(15-3-4-15)5-6-42(21,39)40/h7-9,11,13,15,33H,1-6,10,12H2,(H,34,35,36). The number of carbonyl (C=O) groups excluding carboxylic acids is 1. The van der Waals surface area contributed by atoms with E-state index in [1.807, 2.05) is 0 Å². The van der Waals surface area contributed by atoms with Crippen LogP contribution < -0.4 is 10.6 Å². The molecule has 2 aliphatic heterocycles. The average Bonchev–Trinajstić information content (AvgIpc) is 3.85. The lowest BCUT2D eigenvalue weighted by Gasteiger charge is -2.28. The fourth-order valence-corrected chi connectivity index (χ4v) is 8.48. The molecule has 8 nitrogen and oxygen atoms in total. The number of hydrogen-bond acceptors (Lipinski definition) is 8. The molecule has 0 spiro atoms. The molecule has 4 aliphatic rings. The molecule has 15 heteroatoms. The number of fused-ring (bicyclic) bond motifs is 2. The number of amides is 1. The fraction of sp³-hybridized carbons (Fsp3) is 0.444. The monoisotopic (exact) mass is 625 g/mol. The number of thiophene rings is 1. The smallest absolute Gasteiger partial charge is 0.334 e. The number of carbonyl (C=O) groups is 1. The van der Waals surface area contributed by atoms with Crippen LogP contribution in [0.4, 0.5) is 33.6 Å². The molecule has 2 aliphatic carbocycles. The summed E-state index contributed by atoms with van der Waals surface area (Å²) in [6, 6.07) is 4.03. The van der Waals surface area contributed by atoms with Gasteiger partial charge in [0.25, 0.3) is 11.8 Å². The Morgan fingerprint density at radius 1 is 1.12 bits per heavy atom. The Kier molecular flexibility index (Phi) is 6.20. The molecule has 1 aromatic carbocycles. The first-order valence-electron chi connectivity index (χ1n) is 13.5. The normalized spacial score (nSPS) is 21.5. The number of nitrogens with zero attached hydrogens (tertiary/aromatic N) is 3. The molecule has 0 saturated heterocycles. The number of halogens is 5. The zero-order valence-electron chi connectivity index (χ0n) is 21.9. The topological polar surface area (TPSA) is 104 Å². The third kappa shape index (κ3) is 4.84. The maximum absolute atomic E-state index is 14.6. The lowest BCUT2D eigenvalue weighted by molar-refractivity contribution is -0.137. The summed E-state index contributed by atoms with van der Waals surface area (Å²) in [6.07, 6.45) is -1.20. The number of sulfone groups is 1. The number of rotatable bonds is 5. The van der Waals surface area contributed by atoms with Crippen LogP contribution in [-0.2, 0) is 28.5 Å². The summed E-state index contributed by atoms with van der Waals surface area (Å²) in [5.74, 6) is -4.09. The van der Waals surface area contributed by atoms with Crippen molar-refractivity contribution in [2.24, 2.45) is 0 Å². The van der Waals surface area contributed by atoms with Crippen molar-refractivity contribution < 1.29 is 35.2 Å². The van der Waals surface area contributed by atoms with Gasteiger partial charge in [0.1, 0.15) is 10.4 Å². The zero-order chi connectivity index (χ0) is 29.6. The van der Waals surface area contributed by atoms with Crippen LogP contribution in [0.1, 0.15) is 63.5 Å². The lowest BCUT2D eigenvalue weighted by Crippen LogP contribution is -2.36. The Morgan fingerprint density at radius 3 is 2.57 bits per heavy atom. The zero-order valence-corrected chi connectivity index (χ0v) is 23.5. The lowest BCUT2D eigenvalue weighted by atomic mass is 9.92. The Bertz CT molecular complexity index is 1730. The average molecular weight is 626 g/mol. The largest absolute Gasteiger partial charge is 0.420 e. The molecule has 2 fully saturated rings. The molecule has 4 heterocycles. The molecule has 222 valence electrons. The van der Waals surface area contributed by atoms with Crippen molar-refractivity contribution in [2.75, 3.05) is 24.2 Å². The molecule has 7 rings (SSSR count). The Morgan fingerprint density at radius 2 is 1.88 bits per heavy atom. The maximum atomic E-state index is 14.6. The highest BCUT2D eigenvalue weighted by molar-refractivity contribution is 7.91. The van der Waals surface area contributed by atoms with Gasteiger partial charge in [0, 0.05) is 36.6 Å². The van der Waals surface area contributed by atoms with Crippen molar-refractivity contribution in [1.29, 1.82) is 0 Å². The van der Waals surface area contributed by atoms with Gasteiger partial charge in [-0.3, -0.25) is 4.79 Å². The van der Waals surface area contributed by atoms with Crippen molar-refractivity contribution in [1.82, 2.24) is 20.2 Å². The summed E-state index contributed by atoms with van der Waals surface area (Å²) >= 11 is 0.663. The van der Waals surface area contributed by atoms with Gasteiger partial charge in [-0.1, -0.05) is 0 Å². The van der Waals surface area contributed by atoms with Crippen molar-refractivity contribution in [3.63, 3.8) is 0 Å². The van der Waals surface area contributed by atoms with Gasteiger partial charge in [-0.05, 0) is 60.9 Å². The molecule has 2 aromatic heterocycles. The third-order valence-corrected chi connectivity index (χ3v) is 11.0. The number of hydrogen-bond donors (Lipinski definition) is 2. The van der Waals surface area contributed by atoms with Crippen LogP contribution in [0.5, 0.6) is 0 Å². The minimum Gasteiger partial charge on any atom is -0.334 e. The minimum atomic E-state index is -4.87. The number of nitrogens with one attached hydrogen (secondary N) is 2. The second-order valence-corrected chi connectivity index (χ2v) is 14.2. The molecular weight excluding hydrogens is 601 g/mol. The fourth-order valence-electron chi connectivity index (χ4n) is 5.56. The van der Waals surface area contributed by atoms with Crippen LogP contribution in [0.15, 0.2) is 29.3 Å². The van der Waals surface area contributed by atoms with E-state index in [0.717, 1.165) is 31.7 Å². The summed E-state index contributed by atoms with van der Waals surface area (Å²) in [4.78, 5) is 22.2. The third-order valence-electron chi connectivity index (χ3n) is 8.00. The van der Waals surface area contributed by atoms with Gasteiger partial charge < -0.3 is 15.5 Å². The Labute approximate surface area is 241 Å². The molecule has 2 saturated carbocycles. The summed E-state index contributed by atoms with van der Waals surface area (Å²) < 4.78 is 97.6. The quantitative estimate of drug-likeness (QED) is 0.365. The van der Waals surface area contributed by atoms with Crippen LogP contribution in [-0.4, -0.2) is 54.1 Å². The van der Waals surface area contributed by atoms with Crippen molar-refractivity contribution >= 4 is 38.7 Å².